The summed E-state index contributed by atoms with van der Waals surface area (Å²) in [6, 6.07) is 76.9. The van der Waals surface area contributed by atoms with E-state index < -0.39 is 32.3 Å². The van der Waals surface area contributed by atoms with Crippen LogP contribution in [0, 0.1) is 0 Å². The summed E-state index contributed by atoms with van der Waals surface area (Å²) >= 11 is 3.78. The van der Waals surface area contributed by atoms with Gasteiger partial charge in [0.2, 0.25) is 0 Å². The van der Waals surface area contributed by atoms with Crippen LogP contribution in [0.2, 0.25) is 0 Å². The average Bonchev–Trinajstić information content (AvgIpc) is 1.59. The maximum Gasteiger partial charge on any atom is 0.494 e. The van der Waals surface area contributed by atoms with E-state index in [0.717, 1.165) is 98.5 Å². The van der Waals surface area contributed by atoms with Crippen LogP contribution in [0.1, 0.15) is 83.1 Å². The first kappa shape index (κ1) is 60.1. The van der Waals surface area contributed by atoms with E-state index in [-0.39, 0.29) is 22.4 Å². The average molecular weight is 1280 g/mol. The van der Waals surface area contributed by atoms with Crippen LogP contribution in [-0.2, 0) is 27.9 Å². The first-order valence-electron chi connectivity index (χ1n) is 31.8. The van der Waals surface area contributed by atoms with E-state index in [1.54, 1.807) is 0 Å². The Balaban J connectivity index is 0.000000123. The number of hydrogen-bond acceptors (Lipinski definition) is 8. The van der Waals surface area contributed by atoms with Crippen LogP contribution in [0.15, 0.2) is 232 Å². The number of furan rings is 2. The highest BCUT2D eigenvalue weighted by molar-refractivity contribution is 9.10. The number of aromatic nitrogens is 2. The Morgan fingerprint density at radius 3 is 1.01 bits per heavy atom. The molecule has 3 fully saturated rings. The zero-order chi connectivity index (χ0) is 63.9. The molecule has 92 heavy (non-hydrogen) atoms. The van der Waals surface area contributed by atoms with Crippen molar-refractivity contribution in [2.45, 2.75) is 117 Å². The smallest absolute Gasteiger partial charge is 0.455 e. The van der Waals surface area contributed by atoms with Gasteiger partial charge in [-0.3, -0.25) is 0 Å². The molecule has 0 aliphatic carbocycles. The lowest BCUT2D eigenvalue weighted by Gasteiger charge is -2.32. The molecule has 0 atom stereocenters. The summed E-state index contributed by atoms with van der Waals surface area (Å²) < 4.78 is 55.5. The molecule has 10 nitrogen and oxygen atoms in total. The number of para-hydroxylation sites is 8. The molecule has 0 radical (unpaired) electrons. The molecule has 10 aromatic carbocycles. The molecule has 17 rings (SSSR count). The summed E-state index contributed by atoms with van der Waals surface area (Å²) in [4.78, 5) is 0. The van der Waals surface area contributed by atoms with Crippen molar-refractivity contribution in [2.75, 3.05) is 0 Å². The Kier molecular flexibility index (Phi) is 14.4. The fraction of sp³-hybridized carbons (Fsp3) is 0.231. The van der Waals surface area contributed by atoms with E-state index in [4.69, 9.17) is 36.8 Å². The molecule has 14 aromatic rings. The second-order valence-electron chi connectivity index (χ2n) is 27.6. The second-order valence-corrected chi connectivity index (χ2v) is 28.6. The van der Waals surface area contributed by atoms with Gasteiger partial charge in [0.25, 0.3) is 0 Å². The molecular weight excluding hydrogens is 1210 g/mol. The van der Waals surface area contributed by atoms with Crippen molar-refractivity contribution >= 4 is 130 Å². The number of hydrogen-bond donors (Lipinski definition) is 0. The predicted octanol–water partition coefficient (Wildman–Crippen LogP) is 20.0. The van der Waals surface area contributed by atoms with Crippen molar-refractivity contribution < 1.29 is 36.8 Å². The van der Waals surface area contributed by atoms with Crippen LogP contribution < -0.4 is 5.46 Å². The van der Waals surface area contributed by atoms with E-state index in [9.17, 15) is 0 Å². The molecule has 0 spiro atoms. The fourth-order valence-electron chi connectivity index (χ4n) is 13.2. The molecule has 0 saturated carbocycles. The van der Waals surface area contributed by atoms with Crippen molar-refractivity contribution in [1.29, 1.82) is 0 Å². The van der Waals surface area contributed by atoms with Crippen molar-refractivity contribution in [3.05, 3.63) is 223 Å². The van der Waals surface area contributed by atoms with E-state index in [2.05, 4.69) is 247 Å². The zero-order valence-electron chi connectivity index (χ0n) is 54.1. The summed E-state index contributed by atoms with van der Waals surface area (Å²) in [7, 11) is -1.45. The van der Waals surface area contributed by atoms with Gasteiger partial charge in [0.1, 0.15) is 22.3 Å². The molecule has 7 heterocycles. The normalized spacial score (nSPS) is 17.8. The van der Waals surface area contributed by atoms with Gasteiger partial charge in [-0.15, -0.1) is 0 Å². The van der Waals surface area contributed by atoms with Gasteiger partial charge < -0.3 is 45.9 Å². The zero-order valence-corrected chi connectivity index (χ0v) is 55.6. The molecule has 3 aliphatic heterocycles. The summed E-state index contributed by atoms with van der Waals surface area (Å²) in [6.45, 7) is 24.6. The van der Waals surface area contributed by atoms with E-state index >= 15 is 0 Å². The molecule has 0 unspecified atom stereocenters. The minimum Gasteiger partial charge on any atom is -0.455 e. The summed E-state index contributed by atoms with van der Waals surface area (Å²) in [5.74, 6) is 0. The van der Waals surface area contributed by atoms with Gasteiger partial charge in [0, 0.05) is 70.1 Å². The van der Waals surface area contributed by atoms with Crippen LogP contribution in [0.5, 0.6) is 0 Å². The highest BCUT2D eigenvalue weighted by atomic mass is 79.9. The van der Waals surface area contributed by atoms with Gasteiger partial charge in [-0.1, -0.05) is 168 Å². The molecule has 0 bridgehead atoms. The molecule has 14 heteroatoms. The van der Waals surface area contributed by atoms with Crippen LogP contribution in [0.25, 0.3) is 121 Å². The van der Waals surface area contributed by atoms with Crippen LogP contribution in [0.3, 0.4) is 0 Å². The Hall–Kier alpha value is -8.17. The third-order valence-electron chi connectivity index (χ3n) is 20.2. The van der Waals surface area contributed by atoms with Gasteiger partial charge >= 0.3 is 21.1 Å². The number of benzene rings is 10. The lowest BCUT2D eigenvalue weighted by Crippen LogP contribution is -2.41. The minimum atomic E-state index is -0.498. The molecule has 0 N–H and O–H groups in total. The largest absolute Gasteiger partial charge is 0.494 e. The molecular formula is C78H72B3BrN2O8. The van der Waals surface area contributed by atoms with E-state index in [1.807, 2.05) is 79.7 Å². The van der Waals surface area contributed by atoms with Gasteiger partial charge in [-0.05, 0) is 166 Å². The monoisotopic (exact) mass is 1280 g/mol. The quantitative estimate of drug-likeness (QED) is 0.152. The third kappa shape index (κ3) is 10.0. The minimum absolute atomic E-state index is 0.360. The van der Waals surface area contributed by atoms with Crippen LogP contribution in [0.4, 0.5) is 0 Å². The molecule has 0 amide bonds. The lowest BCUT2D eigenvalue weighted by molar-refractivity contribution is 0.00578. The van der Waals surface area contributed by atoms with Gasteiger partial charge in [0.05, 0.1) is 55.7 Å². The number of halogens is 1. The topological polar surface area (TPSA) is 91.5 Å². The Bertz CT molecular complexity index is 5040. The Morgan fingerprint density at radius 1 is 0.304 bits per heavy atom. The predicted molar refractivity (Wildman–Crippen MR) is 383 cm³/mol. The first-order chi connectivity index (χ1) is 44.0. The SMILES string of the molecule is Brc1cc(-c2cccc3c2oc2ccccc23)cc(-n2c3ccccc3c3ccccc32)c1.CC1(C)OB(B2OC(C)(C)C(C)(C)O2)OC1(C)C.CC1(C)OB(c2cc(-c3cccc4c3oc3ccccc34)cc(-n3c4ccccc4c4ccccc43)c2)OC1(C)C. The van der Waals surface area contributed by atoms with Crippen molar-refractivity contribution in [1.82, 2.24) is 9.13 Å². The lowest BCUT2D eigenvalue weighted by atomic mass is 9.49. The number of nitrogens with zero attached hydrogens (tertiary/aromatic N) is 2. The summed E-state index contributed by atoms with van der Waals surface area (Å²) in [6.07, 6.45) is 0. The Morgan fingerprint density at radius 2 is 0.620 bits per heavy atom. The van der Waals surface area contributed by atoms with Crippen molar-refractivity contribution in [2.24, 2.45) is 0 Å². The summed E-state index contributed by atoms with van der Waals surface area (Å²) in [5.41, 5.74) is 13.4. The molecule has 4 aromatic heterocycles. The maximum atomic E-state index is 6.57. The van der Waals surface area contributed by atoms with Crippen molar-refractivity contribution in [3.63, 3.8) is 0 Å². The van der Waals surface area contributed by atoms with Crippen LogP contribution in [-0.4, -0.2) is 63.9 Å². The molecule has 3 saturated heterocycles. The highest BCUT2D eigenvalue weighted by Gasteiger charge is 2.64. The standard InChI is InChI=1S/C36H30BNO3.C30H18BrNO.C12H24B2O4/c1-35(2)36(3,4)41-37(40-35)24-20-23(26-15-11-16-30-29-14-7-10-19-33(29)39-34(26)30)21-25(22-24)38-31-17-8-5-12-27(31)28-13-6-9-18-32(28)38;31-20-16-19(22-11-7-12-26-25-10-3-6-15-29(25)33-30(22)26)17-21(18-20)32-27-13-4-1-8-23(27)24-9-2-5-14-28(24)32;1-9(2)10(3,4)16-13(15-9)14-17-11(5,6)12(7,8)18-14/h5-22H,1-4H3;1-18H;1-8H3. The second kappa shape index (κ2) is 22.0. The van der Waals surface area contributed by atoms with Crippen LogP contribution >= 0.6 is 15.9 Å². The van der Waals surface area contributed by atoms with Crippen molar-refractivity contribution in [3.8, 4) is 33.6 Å². The van der Waals surface area contributed by atoms with E-state index in [0.29, 0.717) is 0 Å². The van der Waals surface area contributed by atoms with Gasteiger partial charge in [-0.25, -0.2) is 0 Å². The van der Waals surface area contributed by atoms with Gasteiger partial charge in [-0.2, -0.15) is 0 Å². The molecule has 458 valence electrons. The number of rotatable bonds is 6. The highest BCUT2D eigenvalue weighted by Crippen LogP contribution is 2.45. The fourth-order valence-corrected chi connectivity index (χ4v) is 13.7. The van der Waals surface area contributed by atoms with Gasteiger partial charge in [0.15, 0.2) is 0 Å². The van der Waals surface area contributed by atoms with E-state index in [1.165, 1.54) is 32.6 Å². The Labute approximate surface area is 545 Å². The summed E-state index contributed by atoms with van der Waals surface area (Å²) in [5, 5.41) is 9.48. The maximum absolute atomic E-state index is 6.57. The first-order valence-corrected chi connectivity index (χ1v) is 32.6. The molecule has 3 aliphatic rings. The third-order valence-corrected chi connectivity index (χ3v) is 20.7. The number of fused-ring (bicyclic) bond motifs is 12.